The number of allylic oxidation sites excluding steroid dienone is 1. The molecule has 0 atom stereocenters. The van der Waals surface area contributed by atoms with Crippen LogP contribution in [0.15, 0.2) is 42.6 Å². The van der Waals surface area contributed by atoms with E-state index in [0.29, 0.717) is 0 Å². The van der Waals surface area contributed by atoms with Crippen molar-refractivity contribution in [3.8, 4) is 0 Å². The smallest absolute Gasteiger partial charge is 0.0413 e. The van der Waals surface area contributed by atoms with Crippen LogP contribution >= 0.6 is 0 Å². The number of H-pyrrole nitrogens is 1. The van der Waals surface area contributed by atoms with Gasteiger partial charge in [-0.1, -0.05) is 44.2 Å². The van der Waals surface area contributed by atoms with Gasteiger partial charge in [0.15, 0.2) is 0 Å². The van der Waals surface area contributed by atoms with E-state index in [1.165, 1.54) is 22.4 Å². The van der Waals surface area contributed by atoms with Gasteiger partial charge in [-0.15, -0.1) is 0 Å². The molecule has 0 unspecified atom stereocenters. The first-order chi connectivity index (χ1) is 8.67. The van der Waals surface area contributed by atoms with E-state index in [4.69, 9.17) is 0 Å². The zero-order valence-corrected chi connectivity index (χ0v) is 11.0. The van der Waals surface area contributed by atoms with Crippen molar-refractivity contribution in [3.63, 3.8) is 0 Å². The Balaban J connectivity index is 2.16. The first-order valence-electron chi connectivity index (χ1n) is 6.58. The Kier molecular flexibility index (Phi) is 2.62. The lowest BCUT2D eigenvalue weighted by Gasteiger charge is -2.26. The number of hydrogen-bond donors (Lipinski definition) is 1. The molecule has 0 saturated heterocycles. The summed E-state index contributed by atoms with van der Waals surface area (Å²) in [6, 6.07) is 11.0. The van der Waals surface area contributed by atoms with Crippen LogP contribution in [0.2, 0.25) is 0 Å². The predicted molar refractivity (Wildman–Crippen MR) is 76.7 cm³/mol. The fourth-order valence-electron chi connectivity index (χ4n) is 2.85. The molecule has 0 radical (unpaired) electrons. The van der Waals surface area contributed by atoms with Crippen molar-refractivity contribution in [2.75, 3.05) is 0 Å². The van der Waals surface area contributed by atoms with Gasteiger partial charge in [0.25, 0.3) is 0 Å². The molecule has 92 valence electrons. The Labute approximate surface area is 109 Å². The van der Waals surface area contributed by atoms with Crippen LogP contribution in [-0.4, -0.2) is 4.98 Å². The van der Waals surface area contributed by atoms with E-state index in [9.17, 15) is 0 Å². The molecule has 1 heterocycles. The molecule has 0 bridgehead atoms. The predicted octanol–water partition coefficient (Wildman–Crippen LogP) is 4.30. The average molecular weight is 237 g/mol. The van der Waals surface area contributed by atoms with Crippen LogP contribution in [0.5, 0.6) is 0 Å². The maximum Gasteiger partial charge on any atom is 0.0413 e. The summed E-state index contributed by atoms with van der Waals surface area (Å²) in [5.74, 6) is 0. The molecule has 18 heavy (non-hydrogen) atoms. The van der Waals surface area contributed by atoms with Crippen molar-refractivity contribution < 1.29 is 0 Å². The zero-order chi connectivity index (χ0) is 12.6. The number of fused-ring (bicyclic) bond motifs is 2. The van der Waals surface area contributed by atoms with E-state index in [-0.39, 0.29) is 5.41 Å². The maximum atomic E-state index is 3.32. The third-order valence-corrected chi connectivity index (χ3v) is 3.91. The van der Waals surface area contributed by atoms with Gasteiger partial charge in [-0.3, -0.25) is 0 Å². The third kappa shape index (κ3) is 1.90. The van der Waals surface area contributed by atoms with E-state index in [1.807, 2.05) is 6.20 Å². The summed E-state index contributed by atoms with van der Waals surface area (Å²) in [4.78, 5) is 3.32. The monoisotopic (exact) mass is 237 g/mol. The van der Waals surface area contributed by atoms with Crippen LogP contribution in [0.25, 0.3) is 6.08 Å². The number of nitrogens with one attached hydrogen (secondary N) is 1. The average Bonchev–Trinajstić information content (AvgIpc) is 2.77. The molecule has 1 nitrogen and oxygen atoms in total. The van der Waals surface area contributed by atoms with Gasteiger partial charge in [0.2, 0.25) is 0 Å². The Hall–Kier alpha value is -1.76. The zero-order valence-electron chi connectivity index (χ0n) is 11.0. The fourth-order valence-corrected chi connectivity index (χ4v) is 2.85. The molecule has 1 aromatic heterocycles. The summed E-state index contributed by atoms with van der Waals surface area (Å²) >= 11 is 0. The summed E-state index contributed by atoms with van der Waals surface area (Å²) < 4.78 is 0. The summed E-state index contributed by atoms with van der Waals surface area (Å²) in [6.07, 6.45) is 8.63. The van der Waals surface area contributed by atoms with Crippen molar-refractivity contribution in [2.45, 2.75) is 32.1 Å². The van der Waals surface area contributed by atoms with Gasteiger partial charge in [0.1, 0.15) is 0 Å². The molecule has 1 aliphatic rings. The standard InChI is InChI=1S/C17H19N/c1-17(2)10-5-8-16-14(9-11-18-16)12-13-6-3-4-7-15(13)17/h3-9,11,18H,10,12H2,1-2H3/b8-5-. The van der Waals surface area contributed by atoms with Gasteiger partial charge in [0.05, 0.1) is 0 Å². The van der Waals surface area contributed by atoms with Crippen molar-refractivity contribution in [2.24, 2.45) is 0 Å². The van der Waals surface area contributed by atoms with Crippen molar-refractivity contribution in [1.29, 1.82) is 0 Å². The Bertz CT molecular complexity index is 587. The maximum absolute atomic E-state index is 3.32. The number of benzene rings is 1. The minimum atomic E-state index is 0.205. The molecule has 0 fully saturated rings. The number of aromatic amines is 1. The highest BCUT2D eigenvalue weighted by atomic mass is 14.7. The second-order valence-corrected chi connectivity index (χ2v) is 5.74. The highest BCUT2D eigenvalue weighted by Gasteiger charge is 2.23. The summed E-state index contributed by atoms with van der Waals surface area (Å²) in [7, 11) is 0. The molecular formula is C17H19N. The summed E-state index contributed by atoms with van der Waals surface area (Å²) in [5, 5.41) is 0. The largest absolute Gasteiger partial charge is 0.361 e. The summed E-state index contributed by atoms with van der Waals surface area (Å²) in [5.41, 5.74) is 5.77. The molecule has 1 aromatic carbocycles. The van der Waals surface area contributed by atoms with Gasteiger partial charge >= 0.3 is 0 Å². The normalized spacial score (nSPS) is 19.0. The fraction of sp³-hybridized carbons (Fsp3) is 0.294. The van der Waals surface area contributed by atoms with E-state index >= 15 is 0 Å². The van der Waals surface area contributed by atoms with Gasteiger partial charge in [-0.05, 0) is 47.1 Å². The van der Waals surface area contributed by atoms with E-state index in [1.54, 1.807) is 0 Å². The first-order valence-corrected chi connectivity index (χ1v) is 6.58. The van der Waals surface area contributed by atoms with Gasteiger partial charge in [-0.2, -0.15) is 0 Å². The second kappa shape index (κ2) is 4.16. The second-order valence-electron chi connectivity index (χ2n) is 5.74. The van der Waals surface area contributed by atoms with Gasteiger partial charge in [0, 0.05) is 11.9 Å². The lowest BCUT2D eigenvalue weighted by molar-refractivity contribution is 0.530. The van der Waals surface area contributed by atoms with Crippen molar-refractivity contribution >= 4 is 6.08 Å². The van der Waals surface area contributed by atoms with Crippen LogP contribution in [0, 0.1) is 0 Å². The molecule has 1 heteroatoms. The lowest BCUT2D eigenvalue weighted by atomic mass is 9.78. The molecular weight excluding hydrogens is 218 g/mol. The number of hydrogen-bond acceptors (Lipinski definition) is 0. The lowest BCUT2D eigenvalue weighted by Crippen LogP contribution is -2.18. The molecule has 0 spiro atoms. The number of rotatable bonds is 0. The quantitative estimate of drug-likeness (QED) is 0.703. The highest BCUT2D eigenvalue weighted by molar-refractivity contribution is 5.53. The molecule has 0 amide bonds. The Morgan fingerprint density at radius 2 is 1.89 bits per heavy atom. The SMILES string of the molecule is CC1(C)C/C=C\c2[nH]ccc2Cc2ccccc21. The van der Waals surface area contributed by atoms with Crippen molar-refractivity contribution in [3.05, 3.63) is 65.0 Å². The summed E-state index contributed by atoms with van der Waals surface area (Å²) in [6.45, 7) is 4.66. The molecule has 3 rings (SSSR count). The molecule has 0 aliphatic heterocycles. The van der Waals surface area contributed by atoms with Crippen LogP contribution < -0.4 is 0 Å². The first kappa shape index (κ1) is 11.3. The van der Waals surface area contributed by atoms with E-state index in [0.717, 1.165) is 12.8 Å². The minimum absolute atomic E-state index is 0.205. The highest BCUT2D eigenvalue weighted by Crippen LogP contribution is 2.33. The van der Waals surface area contributed by atoms with Crippen LogP contribution in [0.3, 0.4) is 0 Å². The van der Waals surface area contributed by atoms with Gasteiger partial charge in [-0.25, -0.2) is 0 Å². The van der Waals surface area contributed by atoms with Gasteiger partial charge < -0.3 is 4.98 Å². The Morgan fingerprint density at radius 3 is 2.78 bits per heavy atom. The molecule has 1 N–H and O–H groups in total. The van der Waals surface area contributed by atoms with E-state index in [2.05, 4.69) is 61.3 Å². The van der Waals surface area contributed by atoms with Crippen LogP contribution in [0.1, 0.15) is 42.7 Å². The topological polar surface area (TPSA) is 15.8 Å². The van der Waals surface area contributed by atoms with Crippen molar-refractivity contribution in [1.82, 2.24) is 4.98 Å². The number of aromatic nitrogens is 1. The molecule has 2 aromatic rings. The van der Waals surface area contributed by atoms with Crippen LogP contribution in [-0.2, 0) is 11.8 Å². The van der Waals surface area contributed by atoms with E-state index < -0.39 is 0 Å². The molecule has 0 saturated carbocycles. The minimum Gasteiger partial charge on any atom is -0.361 e. The Morgan fingerprint density at radius 1 is 1.06 bits per heavy atom. The molecule has 1 aliphatic carbocycles. The van der Waals surface area contributed by atoms with Crippen LogP contribution in [0.4, 0.5) is 0 Å². The third-order valence-electron chi connectivity index (χ3n) is 3.91.